The fourth-order valence-corrected chi connectivity index (χ4v) is 12.5. The summed E-state index contributed by atoms with van der Waals surface area (Å²) in [6, 6.07) is 11.4. The van der Waals surface area contributed by atoms with Gasteiger partial charge in [0.2, 0.25) is 0 Å². The first-order valence-corrected chi connectivity index (χ1v) is 19.5. The zero-order chi connectivity index (χ0) is 39.8. The van der Waals surface area contributed by atoms with Crippen LogP contribution in [0.3, 0.4) is 0 Å². The predicted molar refractivity (Wildman–Crippen MR) is 210 cm³/mol. The van der Waals surface area contributed by atoms with Crippen molar-refractivity contribution in [3.05, 3.63) is 79.9 Å². The molecular formula is C40H68N2O6Si. The van der Waals surface area contributed by atoms with E-state index in [0.717, 1.165) is 0 Å². The van der Waals surface area contributed by atoms with E-state index in [1.54, 1.807) is 0 Å². The van der Waals surface area contributed by atoms with Gasteiger partial charge in [-0.05, 0) is 44.8 Å². The number of ketones is 2. The molecule has 0 aliphatic rings. The van der Waals surface area contributed by atoms with Crippen LogP contribution in [0.2, 0.25) is 21.7 Å². The van der Waals surface area contributed by atoms with E-state index < -0.39 is 28.8 Å². The van der Waals surface area contributed by atoms with Crippen molar-refractivity contribution in [1.29, 1.82) is 0 Å². The maximum atomic E-state index is 11.8. The maximum Gasteiger partial charge on any atom is 0.269 e. The minimum absolute atomic E-state index is 0.000425. The Morgan fingerprint density at radius 2 is 0.653 bits per heavy atom. The normalized spacial score (nSPS) is 12.6. The molecule has 9 heteroatoms. The number of benzene rings is 2. The van der Waals surface area contributed by atoms with Crippen molar-refractivity contribution in [3.63, 3.8) is 0 Å². The second kappa shape index (κ2) is 17.1. The van der Waals surface area contributed by atoms with Crippen LogP contribution >= 0.6 is 0 Å². The lowest BCUT2D eigenvalue weighted by Gasteiger charge is -2.57. The fraction of sp³-hybridized carbons (Fsp3) is 0.650. The van der Waals surface area contributed by atoms with Crippen molar-refractivity contribution in [3.8, 4) is 0 Å². The number of carbonyl (C=O) groups excluding carboxylic acids is 2. The van der Waals surface area contributed by atoms with Crippen molar-refractivity contribution in [2.24, 2.45) is 16.2 Å². The molecular weight excluding hydrogens is 633 g/mol. The monoisotopic (exact) mass is 700 g/mol. The summed E-state index contributed by atoms with van der Waals surface area (Å²) in [7, 11) is -1.35. The summed E-state index contributed by atoms with van der Waals surface area (Å²) >= 11 is 0. The molecule has 0 aromatic heterocycles. The molecule has 0 heterocycles. The zero-order valence-electron chi connectivity index (χ0n) is 34.5. The fourth-order valence-electron chi connectivity index (χ4n) is 5.71. The number of nitro benzene ring substituents is 2. The average molecular weight is 701 g/mol. The number of hydrogen-bond acceptors (Lipinski definition) is 6. The topological polar surface area (TPSA) is 120 Å². The number of non-ortho nitro benzene ring substituents is 2. The number of nitro groups is 2. The Kier molecular flexibility index (Phi) is 16.8. The van der Waals surface area contributed by atoms with E-state index in [4.69, 9.17) is 0 Å². The van der Waals surface area contributed by atoms with Gasteiger partial charge in [0.05, 0.1) is 17.9 Å². The molecule has 49 heavy (non-hydrogen) atoms. The summed E-state index contributed by atoms with van der Waals surface area (Å²) in [4.78, 5) is 43.4. The molecule has 278 valence electrons. The zero-order valence-corrected chi connectivity index (χ0v) is 35.5. The second-order valence-corrected chi connectivity index (χ2v) is 26.4. The largest absolute Gasteiger partial charge is 0.294 e. The highest BCUT2D eigenvalue weighted by molar-refractivity contribution is 6.86. The van der Waals surface area contributed by atoms with E-state index in [1.807, 2.05) is 41.5 Å². The molecule has 0 aliphatic carbocycles. The van der Waals surface area contributed by atoms with Gasteiger partial charge in [0, 0.05) is 46.2 Å². The van der Waals surface area contributed by atoms with Gasteiger partial charge in [-0.1, -0.05) is 138 Å². The molecule has 0 aliphatic heterocycles. The molecule has 0 saturated heterocycles. The number of Topliss-reactive ketones (excluding diaryl/α,β-unsaturated/α-hetero) is 2. The van der Waals surface area contributed by atoms with Crippen LogP contribution in [-0.4, -0.2) is 29.5 Å². The molecule has 0 saturated carbocycles. The van der Waals surface area contributed by atoms with E-state index in [9.17, 15) is 29.8 Å². The molecule has 0 fully saturated rings. The minimum Gasteiger partial charge on any atom is -0.294 e. The van der Waals surface area contributed by atoms with Crippen LogP contribution in [-0.2, 0) is 0 Å². The molecule has 0 spiro atoms. The van der Waals surface area contributed by atoms with Gasteiger partial charge in [0.25, 0.3) is 11.4 Å². The lowest BCUT2D eigenvalue weighted by atomic mass is 9.86. The molecule has 0 atom stereocenters. The summed E-state index contributed by atoms with van der Waals surface area (Å²) in [5.41, 5.74) is 0.592. The summed E-state index contributed by atoms with van der Waals surface area (Å²) in [6.45, 7) is 44.1. The highest BCUT2D eigenvalue weighted by Gasteiger charge is 2.55. The van der Waals surface area contributed by atoms with Crippen LogP contribution in [0.5, 0.6) is 0 Å². The van der Waals surface area contributed by atoms with Gasteiger partial charge < -0.3 is 0 Å². The lowest BCUT2D eigenvalue weighted by Crippen LogP contribution is -2.55. The molecule has 0 radical (unpaired) electrons. The third-order valence-electron chi connectivity index (χ3n) is 8.54. The Hall–Kier alpha value is -3.20. The average Bonchev–Trinajstić information content (AvgIpc) is 2.88. The molecule has 2 aromatic rings. The molecule has 0 amide bonds. The smallest absolute Gasteiger partial charge is 0.269 e. The van der Waals surface area contributed by atoms with Crippen LogP contribution in [0.1, 0.15) is 152 Å². The number of carbonyl (C=O) groups is 2. The second-order valence-electron chi connectivity index (χ2n) is 19.6. The van der Waals surface area contributed by atoms with Crippen molar-refractivity contribution in [2.45, 2.75) is 153 Å². The Balaban J connectivity index is 0. The highest BCUT2D eigenvalue weighted by Crippen LogP contribution is 2.61. The van der Waals surface area contributed by atoms with Crippen molar-refractivity contribution < 1.29 is 19.4 Å². The number of nitrogens with zero attached hydrogens (tertiary/aromatic N) is 2. The van der Waals surface area contributed by atoms with Crippen LogP contribution in [0.25, 0.3) is 0 Å². The molecule has 0 unspecified atom stereocenters. The number of hydrogen-bond donors (Lipinski definition) is 0. The Morgan fingerprint density at radius 1 is 0.469 bits per heavy atom. The summed E-state index contributed by atoms with van der Waals surface area (Å²) in [6.07, 6.45) is 0. The van der Waals surface area contributed by atoms with Gasteiger partial charge in [-0.2, -0.15) is 0 Å². The van der Waals surface area contributed by atoms with Gasteiger partial charge in [0.1, 0.15) is 0 Å². The van der Waals surface area contributed by atoms with Gasteiger partial charge in [-0.3, -0.25) is 29.8 Å². The van der Waals surface area contributed by atoms with Gasteiger partial charge >= 0.3 is 0 Å². The van der Waals surface area contributed by atoms with Gasteiger partial charge in [0.15, 0.2) is 11.6 Å². The van der Waals surface area contributed by atoms with Crippen LogP contribution < -0.4 is 0 Å². The third kappa shape index (κ3) is 15.9. The van der Waals surface area contributed by atoms with Crippen molar-refractivity contribution in [2.75, 3.05) is 0 Å². The summed E-state index contributed by atoms with van der Waals surface area (Å²) in [5.74, 6) is -0.0326. The maximum absolute atomic E-state index is 11.8. The minimum atomic E-state index is -1.35. The predicted octanol–water partition coefficient (Wildman–Crippen LogP) is 13.2. The first kappa shape index (κ1) is 47.9. The molecule has 0 bridgehead atoms. The summed E-state index contributed by atoms with van der Waals surface area (Å²) in [5, 5.41) is 22.2. The standard InChI is InChI=1S/C13H30Si.2C11H13NO3.C5H12/c1-11(2,3)14(10,12(4,5)6)13(7,8)9;2*1-11(2,3)10(13)8-4-6-9(7-5-8)12(14)15;1-5(2,3)4/h1-10H3;2*4-7H,1-3H3;1-4H3. The first-order chi connectivity index (χ1) is 21.4. The quantitative estimate of drug-likeness (QED) is 0.135. The molecule has 2 rings (SSSR count). The van der Waals surface area contributed by atoms with Gasteiger partial charge in [-0.25, -0.2) is 0 Å². The van der Waals surface area contributed by atoms with Crippen LogP contribution in [0.15, 0.2) is 48.5 Å². The van der Waals surface area contributed by atoms with E-state index >= 15 is 0 Å². The third-order valence-corrected chi connectivity index (χ3v) is 17.5. The SMILES string of the molecule is CC(C)(C)C.CC(C)(C)C(=O)c1ccc([N+](=O)[O-])cc1.CC(C)(C)C(=O)c1ccc([N+](=O)[O-])cc1.CC(C)(C)[Si](C)(C(C)(C)C)C(C)(C)C. The van der Waals surface area contributed by atoms with E-state index in [-0.39, 0.29) is 22.9 Å². The van der Waals surface area contributed by atoms with Gasteiger partial charge in [-0.15, -0.1) is 0 Å². The first-order valence-electron chi connectivity index (χ1n) is 17.0. The van der Waals surface area contributed by atoms with Crippen LogP contribution in [0.4, 0.5) is 11.4 Å². The Labute approximate surface area is 299 Å². The Bertz CT molecular complexity index is 1270. The van der Waals surface area contributed by atoms with E-state index in [2.05, 4.69) is 96.6 Å². The van der Waals surface area contributed by atoms with Crippen LogP contribution in [0, 0.1) is 36.5 Å². The molecule has 0 N–H and O–H groups in total. The summed E-state index contributed by atoms with van der Waals surface area (Å²) < 4.78 is 0. The Morgan fingerprint density at radius 3 is 0.755 bits per heavy atom. The lowest BCUT2D eigenvalue weighted by molar-refractivity contribution is -0.385. The van der Waals surface area contributed by atoms with Crippen molar-refractivity contribution in [1.82, 2.24) is 0 Å². The molecule has 8 nitrogen and oxygen atoms in total. The van der Waals surface area contributed by atoms with E-state index in [0.29, 0.717) is 31.7 Å². The van der Waals surface area contributed by atoms with Crippen molar-refractivity contribution >= 4 is 31.0 Å². The molecule has 2 aromatic carbocycles. The highest BCUT2D eigenvalue weighted by atomic mass is 28.3. The number of rotatable bonds is 4. The van der Waals surface area contributed by atoms with E-state index in [1.165, 1.54) is 48.5 Å².